The Hall–Kier alpha value is -2.30. The first-order valence-electron chi connectivity index (χ1n) is 8.55. The molecule has 1 aliphatic heterocycles. The zero-order valence-corrected chi connectivity index (χ0v) is 14.6. The van der Waals surface area contributed by atoms with Crippen molar-refractivity contribution in [2.75, 3.05) is 31.7 Å². The highest BCUT2D eigenvalue weighted by Gasteiger charge is 2.32. The number of para-hydroxylation sites is 1. The Kier molecular flexibility index (Phi) is 4.88. The topological polar surface area (TPSA) is 52.9 Å². The van der Waals surface area contributed by atoms with Crippen LogP contribution in [0.4, 0.5) is 5.82 Å². The summed E-state index contributed by atoms with van der Waals surface area (Å²) >= 11 is 0. The number of pyridine rings is 1. The molecule has 0 amide bonds. The van der Waals surface area contributed by atoms with Crippen molar-refractivity contribution < 1.29 is 19.3 Å². The number of fused-ring (bicyclic) bond motifs is 1. The van der Waals surface area contributed by atoms with E-state index in [4.69, 9.17) is 9.47 Å². The Morgan fingerprint density at radius 1 is 1.42 bits per heavy atom. The summed E-state index contributed by atoms with van der Waals surface area (Å²) in [6.07, 6.45) is 1.88. The molecule has 2 heterocycles. The number of methoxy groups -OCH3 is 1. The van der Waals surface area contributed by atoms with Gasteiger partial charge < -0.3 is 9.47 Å². The minimum absolute atomic E-state index is 0.0548. The van der Waals surface area contributed by atoms with Gasteiger partial charge in [-0.1, -0.05) is 12.1 Å². The Morgan fingerprint density at radius 3 is 3.00 bits per heavy atom. The van der Waals surface area contributed by atoms with E-state index in [9.17, 15) is 4.79 Å². The number of aryl methyl sites for hydroxylation is 1. The van der Waals surface area contributed by atoms with Gasteiger partial charge in [-0.2, -0.15) is 0 Å². The summed E-state index contributed by atoms with van der Waals surface area (Å²) in [5.41, 5.74) is 2.18. The van der Waals surface area contributed by atoms with Gasteiger partial charge in [0.1, 0.15) is 0 Å². The molecule has 0 bridgehead atoms. The first kappa shape index (κ1) is 16.6. The number of aromatic nitrogens is 1. The molecule has 5 nitrogen and oxygen atoms in total. The van der Waals surface area contributed by atoms with Crippen molar-refractivity contribution >= 4 is 22.7 Å². The average molecular weight is 329 g/mol. The van der Waals surface area contributed by atoms with Gasteiger partial charge in [-0.3, -0.25) is 9.69 Å². The molecule has 1 saturated heterocycles. The van der Waals surface area contributed by atoms with E-state index in [2.05, 4.69) is 28.9 Å². The van der Waals surface area contributed by atoms with Crippen LogP contribution in [0.5, 0.6) is 5.75 Å². The molecule has 1 aromatic carbocycles. The molecule has 1 fully saturated rings. The van der Waals surface area contributed by atoms with E-state index < -0.39 is 0 Å². The van der Waals surface area contributed by atoms with Gasteiger partial charge in [0.05, 0.1) is 32.7 Å². The number of anilines is 1. The summed E-state index contributed by atoms with van der Waals surface area (Å²) in [6, 6.07) is 8.19. The molecule has 1 aromatic heterocycles. The second-order valence-electron chi connectivity index (χ2n) is 6.26. The van der Waals surface area contributed by atoms with Gasteiger partial charge in [0, 0.05) is 11.5 Å². The number of H-pyrrole nitrogens is 1. The summed E-state index contributed by atoms with van der Waals surface area (Å²) in [7, 11) is 1.68. The Balaban J connectivity index is 1.92. The van der Waals surface area contributed by atoms with Crippen LogP contribution in [0.25, 0.3) is 10.9 Å². The quantitative estimate of drug-likeness (QED) is 0.810. The molecule has 0 aliphatic carbocycles. The van der Waals surface area contributed by atoms with Crippen molar-refractivity contribution in [2.24, 2.45) is 5.92 Å². The molecule has 24 heavy (non-hydrogen) atoms. The predicted octanol–water partition coefficient (Wildman–Crippen LogP) is 2.75. The van der Waals surface area contributed by atoms with Gasteiger partial charge in [-0.05, 0) is 38.3 Å². The fourth-order valence-electron chi connectivity index (χ4n) is 3.42. The normalized spacial score (nSPS) is 17.8. The number of ether oxygens (including phenoxy) is 2. The smallest absolute Gasteiger partial charge is 0.312 e. The highest BCUT2D eigenvalue weighted by atomic mass is 16.5. The molecule has 1 atom stereocenters. The summed E-state index contributed by atoms with van der Waals surface area (Å²) in [4.78, 5) is 17.8. The van der Waals surface area contributed by atoms with E-state index in [0.29, 0.717) is 13.2 Å². The second kappa shape index (κ2) is 7.07. The maximum Gasteiger partial charge on any atom is 0.312 e. The highest BCUT2D eigenvalue weighted by molar-refractivity contribution is 5.85. The van der Waals surface area contributed by atoms with Crippen LogP contribution in [0.3, 0.4) is 0 Å². The third-order valence-electron chi connectivity index (χ3n) is 4.66. The molecule has 1 N–H and O–H groups in total. The number of piperidine rings is 1. The lowest BCUT2D eigenvalue weighted by Gasteiger charge is -2.27. The van der Waals surface area contributed by atoms with E-state index in [0.717, 1.165) is 41.9 Å². The number of esters is 1. The van der Waals surface area contributed by atoms with Crippen molar-refractivity contribution in [3.63, 3.8) is 0 Å². The zero-order chi connectivity index (χ0) is 17.1. The Morgan fingerprint density at radius 2 is 2.25 bits per heavy atom. The number of hydrogen-bond donors (Lipinski definition) is 0. The van der Waals surface area contributed by atoms with Crippen LogP contribution < -0.4 is 14.6 Å². The number of nitrogens with one attached hydrogen (secondary N) is 1. The van der Waals surface area contributed by atoms with Crippen LogP contribution in [0, 0.1) is 12.8 Å². The lowest BCUT2D eigenvalue weighted by molar-refractivity contribution is -0.331. The van der Waals surface area contributed by atoms with Gasteiger partial charge >= 0.3 is 5.97 Å². The van der Waals surface area contributed by atoms with Crippen molar-refractivity contribution in [1.82, 2.24) is 0 Å². The number of carbonyl (C=O) groups is 1. The van der Waals surface area contributed by atoms with Gasteiger partial charge in [-0.15, -0.1) is 0 Å². The highest BCUT2D eigenvalue weighted by Crippen LogP contribution is 2.28. The summed E-state index contributed by atoms with van der Waals surface area (Å²) < 4.78 is 10.7. The fourth-order valence-corrected chi connectivity index (χ4v) is 3.42. The number of carbonyl (C=O) groups excluding carboxylic acids is 1. The van der Waals surface area contributed by atoms with E-state index >= 15 is 0 Å². The minimum atomic E-state index is -0.0858. The standard InChI is InChI=1S/C19H24N2O3/c1-4-24-19(22)14-7-6-10-21(12-14)17-11-13(2)15-8-5-9-16(23-3)18(15)20-17/h5,8-9,11,14H,4,6-7,10,12H2,1-3H3/p+1/t14-/m1/s1. The average Bonchev–Trinajstić information content (AvgIpc) is 2.61. The van der Waals surface area contributed by atoms with Crippen LogP contribution in [0.2, 0.25) is 0 Å². The summed E-state index contributed by atoms with van der Waals surface area (Å²) in [5, 5.41) is 1.15. The summed E-state index contributed by atoms with van der Waals surface area (Å²) in [5.74, 6) is 1.72. The first-order chi connectivity index (χ1) is 11.6. The Bertz CT molecular complexity index is 745. The van der Waals surface area contributed by atoms with Crippen LogP contribution in [-0.4, -0.2) is 32.8 Å². The first-order valence-corrected chi connectivity index (χ1v) is 8.55. The molecular formula is C19H25N2O3+. The third-order valence-corrected chi connectivity index (χ3v) is 4.66. The van der Waals surface area contributed by atoms with Crippen LogP contribution in [-0.2, 0) is 9.53 Å². The number of rotatable bonds is 4. The van der Waals surface area contributed by atoms with Crippen molar-refractivity contribution in [2.45, 2.75) is 26.7 Å². The molecule has 2 aromatic rings. The zero-order valence-electron chi connectivity index (χ0n) is 14.6. The van der Waals surface area contributed by atoms with E-state index in [1.807, 2.05) is 19.1 Å². The lowest BCUT2D eigenvalue weighted by Crippen LogP contribution is -2.41. The van der Waals surface area contributed by atoms with Crippen LogP contribution in [0.1, 0.15) is 25.3 Å². The lowest BCUT2D eigenvalue weighted by atomic mass is 9.98. The molecule has 0 unspecified atom stereocenters. The van der Waals surface area contributed by atoms with Gasteiger partial charge in [0.2, 0.25) is 0 Å². The second-order valence-corrected chi connectivity index (χ2v) is 6.26. The largest absolute Gasteiger partial charge is 0.492 e. The molecule has 1 aliphatic rings. The van der Waals surface area contributed by atoms with Gasteiger partial charge in [-0.25, -0.2) is 4.98 Å². The number of nitrogens with zero attached hydrogens (tertiary/aromatic N) is 1. The minimum Gasteiger partial charge on any atom is -0.492 e. The van der Waals surface area contributed by atoms with Gasteiger partial charge in [0.25, 0.3) is 5.82 Å². The van der Waals surface area contributed by atoms with Crippen molar-refractivity contribution in [3.05, 3.63) is 29.8 Å². The van der Waals surface area contributed by atoms with Gasteiger partial charge in [0.15, 0.2) is 11.3 Å². The number of hydrogen-bond acceptors (Lipinski definition) is 4. The monoisotopic (exact) mass is 329 g/mol. The molecule has 5 heteroatoms. The predicted molar refractivity (Wildman–Crippen MR) is 93.4 cm³/mol. The van der Waals surface area contributed by atoms with Crippen molar-refractivity contribution in [1.29, 1.82) is 0 Å². The molecule has 0 radical (unpaired) electrons. The maximum absolute atomic E-state index is 12.1. The van der Waals surface area contributed by atoms with E-state index in [1.165, 1.54) is 5.56 Å². The number of benzene rings is 1. The third kappa shape index (κ3) is 3.16. The molecular weight excluding hydrogens is 304 g/mol. The SMILES string of the molecule is CCOC(=O)[C@@H]1CCCN(c2cc(C)c3cccc(OC)c3[nH+]2)C1. The molecule has 0 spiro atoms. The molecule has 128 valence electrons. The molecule has 0 saturated carbocycles. The van der Waals surface area contributed by atoms with Crippen molar-refractivity contribution in [3.8, 4) is 5.75 Å². The van der Waals surface area contributed by atoms with Crippen LogP contribution in [0.15, 0.2) is 24.3 Å². The number of aromatic amines is 1. The Labute approximate surface area is 142 Å². The summed E-state index contributed by atoms with van der Waals surface area (Å²) in [6.45, 7) is 6.02. The molecule has 3 rings (SSSR count). The maximum atomic E-state index is 12.1. The fraction of sp³-hybridized carbons (Fsp3) is 0.474. The van der Waals surface area contributed by atoms with Crippen LogP contribution >= 0.6 is 0 Å². The van der Waals surface area contributed by atoms with E-state index in [-0.39, 0.29) is 11.9 Å². The van der Waals surface area contributed by atoms with E-state index in [1.54, 1.807) is 7.11 Å².